The number of piperazine rings is 1. The first-order valence-corrected chi connectivity index (χ1v) is 10.7. The minimum Gasteiger partial charge on any atom is -0.461 e. The molecule has 0 bridgehead atoms. The Labute approximate surface area is 188 Å². The number of hydrogen-bond donors (Lipinski definition) is 1. The average Bonchev–Trinajstić information content (AvgIpc) is 3.19. The molecular weight excluding hydrogens is 410 g/mol. The van der Waals surface area contributed by atoms with Crippen LogP contribution in [-0.4, -0.2) is 68.2 Å². The molecule has 1 N–H and O–H groups in total. The SMILES string of the molecule is CCOC(=O)c1cnc(Nc2nc(CC)nc(N3CCN(c4ccncc4)CC3)n2)n1C.[HH]. The maximum absolute atomic E-state index is 12.1. The number of aryl methyl sites for hydroxylation is 1. The molecule has 0 radical (unpaired) electrons. The molecule has 3 aromatic rings. The number of rotatable bonds is 7. The highest BCUT2D eigenvalue weighted by molar-refractivity contribution is 5.88. The number of esters is 1. The Morgan fingerprint density at radius 3 is 2.50 bits per heavy atom. The summed E-state index contributed by atoms with van der Waals surface area (Å²) >= 11 is 0. The first-order chi connectivity index (χ1) is 15.6. The molecular formula is C21H29N9O2. The second-order valence-corrected chi connectivity index (χ2v) is 7.28. The molecule has 0 saturated carbocycles. The quantitative estimate of drug-likeness (QED) is 0.549. The Hall–Kier alpha value is -3.76. The van der Waals surface area contributed by atoms with Gasteiger partial charge in [0, 0.05) is 59.2 Å². The van der Waals surface area contributed by atoms with Crippen LogP contribution in [0.4, 0.5) is 23.5 Å². The second-order valence-electron chi connectivity index (χ2n) is 7.28. The van der Waals surface area contributed by atoms with Gasteiger partial charge in [0.15, 0.2) is 0 Å². The third-order valence-electron chi connectivity index (χ3n) is 5.27. The molecule has 1 aliphatic rings. The number of pyridine rings is 1. The van der Waals surface area contributed by atoms with Crippen molar-refractivity contribution in [3.8, 4) is 0 Å². The predicted octanol–water partition coefficient (Wildman–Crippen LogP) is 2.06. The van der Waals surface area contributed by atoms with Crippen LogP contribution in [0, 0.1) is 0 Å². The monoisotopic (exact) mass is 439 g/mol. The first-order valence-electron chi connectivity index (χ1n) is 10.7. The van der Waals surface area contributed by atoms with Gasteiger partial charge in [-0.05, 0) is 19.1 Å². The van der Waals surface area contributed by atoms with E-state index in [1.54, 1.807) is 18.5 Å². The highest BCUT2D eigenvalue weighted by Gasteiger charge is 2.21. The molecule has 4 heterocycles. The highest BCUT2D eigenvalue weighted by atomic mass is 16.5. The van der Waals surface area contributed by atoms with Crippen molar-refractivity contribution in [3.63, 3.8) is 0 Å². The Bertz CT molecular complexity index is 1070. The molecule has 32 heavy (non-hydrogen) atoms. The van der Waals surface area contributed by atoms with Gasteiger partial charge in [0.2, 0.25) is 17.8 Å². The molecule has 3 aromatic heterocycles. The number of nitrogens with one attached hydrogen (secondary N) is 1. The van der Waals surface area contributed by atoms with E-state index in [2.05, 4.69) is 40.0 Å². The van der Waals surface area contributed by atoms with Gasteiger partial charge in [-0.1, -0.05) is 6.92 Å². The maximum Gasteiger partial charge on any atom is 0.356 e. The smallest absolute Gasteiger partial charge is 0.356 e. The van der Waals surface area contributed by atoms with Crippen LogP contribution in [0.1, 0.15) is 31.6 Å². The summed E-state index contributed by atoms with van der Waals surface area (Å²) in [5.41, 5.74) is 1.52. The summed E-state index contributed by atoms with van der Waals surface area (Å²) < 4.78 is 6.69. The lowest BCUT2D eigenvalue weighted by atomic mass is 10.3. The van der Waals surface area contributed by atoms with Crippen molar-refractivity contribution in [3.05, 3.63) is 42.2 Å². The molecule has 0 atom stereocenters. The largest absolute Gasteiger partial charge is 0.461 e. The summed E-state index contributed by atoms with van der Waals surface area (Å²) in [4.78, 5) is 38.6. The summed E-state index contributed by atoms with van der Waals surface area (Å²) in [7, 11) is 1.74. The molecule has 1 saturated heterocycles. The second kappa shape index (κ2) is 9.58. The number of carbonyl (C=O) groups is 1. The lowest BCUT2D eigenvalue weighted by Gasteiger charge is -2.36. The third-order valence-corrected chi connectivity index (χ3v) is 5.27. The zero-order chi connectivity index (χ0) is 22.5. The van der Waals surface area contributed by atoms with Gasteiger partial charge < -0.3 is 19.1 Å². The molecule has 170 valence electrons. The van der Waals surface area contributed by atoms with Crippen molar-refractivity contribution < 1.29 is 11.0 Å². The van der Waals surface area contributed by atoms with Gasteiger partial charge in [0.25, 0.3) is 0 Å². The van der Waals surface area contributed by atoms with Crippen LogP contribution in [0.5, 0.6) is 0 Å². The summed E-state index contributed by atoms with van der Waals surface area (Å²) in [6.07, 6.45) is 5.77. The van der Waals surface area contributed by atoms with Crippen molar-refractivity contribution in [2.24, 2.45) is 7.05 Å². The van der Waals surface area contributed by atoms with Gasteiger partial charge in [-0.3, -0.25) is 10.3 Å². The van der Waals surface area contributed by atoms with E-state index in [1.807, 2.05) is 31.5 Å². The summed E-state index contributed by atoms with van der Waals surface area (Å²) in [5.74, 6) is 1.75. The molecule has 1 aliphatic heterocycles. The van der Waals surface area contributed by atoms with E-state index in [9.17, 15) is 4.79 Å². The topological polar surface area (TPSA) is 114 Å². The lowest BCUT2D eigenvalue weighted by molar-refractivity contribution is 0.0515. The predicted molar refractivity (Wildman–Crippen MR) is 122 cm³/mol. The zero-order valence-corrected chi connectivity index (χ0v) is 18.5. The van der Waals surface area contributed by atoms with Gasteiger partial charge >= 0.3 is 5.97 Å². The Morgan fingerprint density at radius 1 is 1.09 bits per heavy atom. The first kappa shape index (κ1) is 21.5. The van der Waals surface area contributed by atoms with E-state index in [-0.39, 0.29) is 1.43 Å². The highest BCUT2D eigenvalue weighted by Crippen LogP contribution is 2.20. The number of hydrogen-bond acceptors (Lipinski definition) is 10. The van der Waals surface area contributed by atoms with Crippen LogP contribution in [0.15, 0.2) is 30.7 Å². The number of nitrogens with zero attached hydrogens (tertiary/aromatic N) is 8. The van der Waals surface area contributed by atoms with Crippen LogP contribution >= 0.6 is 0 Å². The number of anilines is 4. The molecule has 0 spiro atoms. The number of carbonyl (C=O) groups excluding carboxylic acids is 1. The van der Waals surface area contributed by atoms with Crippen LogP contribution in [0.25, 0.3) is 0 Å². The molecule has 1 fully saturated rings. The van der Waals surface area contributed by atoms with Crippen molar-refractivity contribution in [2.45, 2.75) is 20.3 Å². The summed E-state index contributed by atoms with van der Waals surface area (Å²) in [6, 6.07) is 4.04. The fraction of sp³-hybridized carbons (Fsp3) is 0.429. The maximum atomic E-state index is 12.1. The molecule has 0 aliphatic carbocycles. The van der Waals surface area contributed by atoms with Crippen LogP contribution in [0.3, 0.4) is 0 Å². The van der Waals surface area contributed by atoms with Gasteiger partial charge in [-0.25, -0.2) is 9.78 Å². The van der Waals surface area contributed by atoms with E-state index in [0.717, 1.165) is 26.2 Å². The molecule has 0 amide bonds. The summed E-state index contributed by atoms with van der Waals surface area (Å²) in [5, 5.41) is 3.12. The molecule has 0 aromatic carbocycles. The van der Waals surface area contributed by atoms with Crippen molar-refractivity contribution in [1.29, 1.82) is 0 Å². The Morgan fingerprint density at radius 2 is 1.81 bits per heavy atom. The van der Waals surface area contributed by atoms with E-state index in [0.29, 0.717) is 42.4 Å². The molecule has 4 rings (SSSR count). The molecule has 11 heteroatoms. The number of imidazole rings is 1. The normalized spacial score (nSPS) is 13.8. The number of aromatic nitrogens is 6. The van der Waals surface area contributed by atoms with Gasteiger partial charge in [-0.2, -0.15) is 15.0 Å². The standard InChI is InChI=1S/C21H27N9O2.H2/c1-4-17-24-19(26-20-23-14-16(28(20)3)18(31)32-5-2)27-21(25-17)30-12-10-29(11-13-30)15-6-8-22-9-7-15;/h6-9,14H,4-5,10-13H2,1-3H3,(H,23,24,25,26,27);1H. The third kappa shape index (κ3) is 4.61. The summed E-state index contributed by atoms with van der Waals surface area (Å²) in [6.45, 7) is 7.39. The fourth-order valence-electron chi connectivity index (χ4n) is 3.50. The van der Waals surface area contributed by atoms with Crippen LogP contribution in [0.2, 0.25) is 0 Å². The minimum absolute atomic E-state index is 0. The van der Waals surface area contributed by atoms with E-state index >= 15 is 0 Å². The van der Waals surface area contributed by atoms with Gasteiger partial charge in [-0.15, -0.1) is 0 Å². The van der Waals surface area contributed by atoms with Crippen molar-refractivity contribution in [2.75, 3.05) is 47.9 Å². The minimum atomic E-state index is -0.423. The molecule has 11 nitrogen and oxygen atoms in total. The fourth-order valence-corrected chi connectivity index (χ4v) is 3.50. The number of ether oxygens (including phenoxy) is 1. The lowest BCUT2D eigenvalue weighted by Crippen LogP contribution is -2.47. The van der Waals surface area contributed by atoms with E-state index in [4.69, 9.17) is 4.74 Å². The Kier molecular flexibility index (Phi) is 6.43. The van der Waals surface area contributed by atoms with Gasteiger partial charge in [0.05, 0.1) is 12.8 Å². The van der Waals surface area contributed by atoms with E-state index < -0.39 is 5.97 Å². The van der Waals surface area contributed by atoms with Crippen molar-refractivity contribution in [1.82, 2.24) is 29.5 Å². The zero-order valence-electron chi connectivity index (χ0n) is 18.5. The van der Waals surface area contributed by atoms with E-state index in [1.165, 1.54) is 11.9 Å². The van der Waals surface area contributed by atoms with Crippen LogP contribution < -0.4 is 15.1 Å². The Balaban J connectivity index is 0.00000306. The average molecular weight is 440 g/mol. The van der Waals surface area contributed by atoms with Crippen molar-refractivity contribution >= 4 is 29.5 Å². The van der Waals surface area contributed by atoms with Gasteiger partial charge in [0.1, 0.15) is 11.5 Å². The van der Waals surface area contributed by atoms with Crippen LogP contribution in [-0.2, 0) is 18.2 Å². The molecule has 0 unspecified atom stereocenters.